The summed E-state index contributed by atoms with van der Waals surface area (Å²) < 4.78 is 6.75. The Bertz CT molecular complexity index is 1120. The molecule has 2 aromatic carbocycles. The van der Waals surface area contributed by atoms with Gasteiger partial charge in [0.05, 0.1) is 0 Å². The molecule has 4 rings (SSSR count). The molecule has 0 spiro atoms. The molecule has 29 heavy (non-hydrogen) atoms. The number of aliphatic hydroxyl groups is 1. The van der Waals surface area contributed by atoms with Crippen LogP contribution in [-0.4, -0.2) is 24.8 Å². The van der Waals surface area contributed by atoms with Crippen molar-refractivity contribution >= 4 is 23.4 Å². The van der Waals surface area contributed by atoms with Crippen LogP contribution >= 0.6 is 23.4 Å². The molecule has 1 N–H and O–H groups in total. The van der Waals surface area contributed by atoms with Crippen LogP contribution in [0, 0.1) is 0 Å². The summed E-state index contributed by atoms with van der Waals surface area (Å²) in [6, 6.07) is 15.4. The minimum absolute atomic E-state index is 0.533. The second kappa shape index (κ2) is 7.67. The van der Waals surface area contributed by atoms with Crippen LogP contribution in [0.4, 0.5) is 0 Å². The van der Waals surface area contributed by atoms with Crippen LogP contribution in [0.5, 0.6) is 0 Å². The topological polar surface area (TPSA) is 77.0 Å². The van der Waals surface area contributed by atoms with Gasteiger partial charge in [0.25, 0.3) is 0 Å². The Morgan fingerprint density at radius 1 is 1.03 bits per heavy atom. The van der Waals surface area contributed by atoms with Crippen molar-refractivity contribution in [2.75, 3.05) is 0 Å². The summed E-state index contributed by atoms with van der Waals surface area (Å²) >= 11 is 7.59. The molecule has 2 heterocycles. The van der Waals surface area contributed by atoms with Crippen molar-refractivity contribution in [3.05, 3.63) is 65.8 Å². The van der Waals surface area contributed by atoms with Gasteiger partial charge in [-0.15, -0.1) is 0 Å². The largest absolute Gasteiger partial charge is 0.383 e. The highest BCUT2D eigenvalue weighted by Gasteiger charge is 2.27. The third kappa shape index (κ3) is 4.07. The van der Waals surface area contributed by atoms with E-state index >= 15 is 0 Å². The number of imidazole rings is 1. The van der Waals surface area contributed by atoms with E-state index in [0.717, 1.165) is 26.7 Å². The van der Waals surface area contributed by atoms with E-state index in [-0.39, 0.29) is 0 Å². The van der Waals surface area contributed by atoms with Gasteiger partial charge >= 0.3 is 0 Å². The van der Waals surface area contributed by atoms with E-state index in [1.807, 2.05) is 60.1 Å². The van der Waals surface area contributed by atoms with Gasteiger partial charge in [-0.05, 0) is 38.1 Å². The summed E-state index contributed by atoms with van der Waals surface area (Å²) in [6.07, 6.45) is 1.30. The second-order valence-electron chi connectivity index (χ2n) is 7.10. The molecular weight excluding hydrogens is 408 g/mol. The first kappa shape index (κ1) is 19.7. The molecule has 0 atom stereocenters. The molecule has 2 aromatic heterocycles. The summed E-state index contributed by atoms with van der Waals surface area (Å²) in [5.74, 6) is 1.12. The molecule has 0 radical (unpaired) electrons. The first-order chi connectivity index (χ1) is 13.8. The van der Waals surface area contributed by atoms with Crippen LogP contribution in [0.2, 0.25) is 5.02 Å². The highest BCUT2D eigenvalue weighted by Crippen LogP contribution is 2.38. The van der Waals surface area contributed by atoms with Gasteiger partial charge in [0.1, 0.15) is 22.1 Å². The molecular formula is C21H19ClN4O2S. The van der Waals surface area contributed by atoms with Crippen molar-refractivity contribution in [3.8, 4) is 22.6 Å². The number of nitrogens with zero attached hydrogens (tertiary/aromatic N) is 4. The predicted molar refractivity (Wildman–Crippen MR) is 113 cm³/mol. The maximum absolute atomic E-state index is 10.6. The maximum atomic E-state index is 10.6. The first-order valence-corrected chi connectivity index (χ1v) is 10.1. The Morgan fingerprint density at radius 2 is 1.69 bits per heavy atom. The number of hydrogen-bond acceptors (Lipinski definition) is 6. The SMILES string of the molecule is Cn1c(C(C)(C)O)nc(-c2ccc(-c3ncon3)cc2)c1Sc1ccc(Cl)cc1. The summed E-state index contributed by atoms with van der Waals surface area (Å²) in [7, 11) is 1.91. The highest BCUT2D eigenvalue weighted by molar-refractivity contribution is 7.99. The van der Waals surface area contributed by atoms with E-state index in [1.54, 1.807) is 25.6 Å². The number of rotatable bonds is 5. The molecule has 8 heteroatoms. The number of hydrogen-bond donors (Lipinski definition) is 1. The summed E-state index contributed by atoms with van der Waals surface area (Å²) in [5.41, 5.74) is 1.50. The minimum Gasteiger partial charge on any atom is -0.383 e. The third-order valence-corrected chi connectivity index (χ3v) is 5.82. The van der Waals surface area contributed by atoms with Crippen LogP contribution in [0.15, 0.2) is 69.4 Å². The lowest BCUT2D eigenvalue weighted by atomic mass is 10.1. The molecule has 0 unspecified atom stereocenters. The zero-order valence-electron chi connectivity index (χ0n) is 16.1. The van der Waals surface area contributed by atoms with Crippen molar-refractivity contribution in [3.63, 3.8) is 0 Å². The molecule has 0 aliphatic heterocycles. The van der Waals surface area contributed by atoms with E-state index in [4.69, 9.17) is 21.1 Å². The normalized spacial score (nSPS) is 11.8. The van der Waals surface area contributed by atoms with Crippen LogP contribution < -0.4 is 0 Å². The maximum Gasteiger partial charge on any atom is 0.214 e. The van der Waals surface area contributed by atoms with Gasteiger partial charge in [0.2, 0.25) is 12.2 Å². The van der Waals surface area contributed by atoms with Crippen LogP contribution in [-0.2, 0) is 12.6 Å². The quantitative estimate of drug-likeness (QED) is 0.474. The van der Waals surface area contributed by atoms with E-state index in [9.17, 15) is 5.11 Å². The van der Waals surface area contributed by atoms with E-state index in [1.165, 1.54) is 6.39 Å². The molecule has 0 saturated carbocycles. The molecule has 4 aromatic rings. The average Bonchev–Trinajstić information content (AvgIpc) is 3.33. The number of aromatic nitrogens is 4. The Hall–Kier alpha value is -2.61. The standard InChI is InChI=1S/C21H19ClN4O2S/c1-21(2,27)20-24-17(13-4-6-14(7-5-13)18-23-12-28-25-18)19(26(20)3)29-16-10-8-15(22)9-11-16/h4-12,27H,1-3H3. The molecule has 0 aliphatic carbocycles. The van der Waals surface area contributed by atoms with Gasteiger partial charge < -0.3 is 14.2 Å². The lowest BCUT2D eigenvalue weighted by Crippen LogP contribution is -2.21. The zero-order chi connectivity index (χ0) is 20.6. The van der Waals surface area contributed by atoms with Crippen molar-refractivity contribution < 1.29 is 9.63 Å². The highest BCUT2D eigenvalue weighted by atomic mass is 35.5. The molecule has 0 aliphatic rings. The molecule has 6 nitrogen and oxygen atoms in total. The average molecular weight is 427 g/mol. The zero-order valence-corrected chi connectivity index (χ0v) is 17.7. The third-order valence-electron chi connectivity index (χ3n) is 4.40. The fraction of sp³-hybridized carbons (Fsp3) is 0.190. The summed E-state index contributed by atoms with van der Waals surface area (Å²) in [6.45, 7) is 3.46. The number of halogens is 1. The van der Waals surface area contributed by atoms with E-state index in [2.05, 4.69) is 10.1 Å². The fourth-order valence-corrected chi connectivity index (χ4v) is 4.13. The van der Waals surface area contributed by atoms with Crippen molar-refractivity contribution in [1.29, 1.82) is 0 Å². The summed E-state index contributed by atoms with van der Waals surface area (Å²) in [4.78, 5) is 9.88. The summed E-state index contributed by atoms with van der Waals surface area (Å²) in [5, 5.41) is 16.1. The van der Waals surface area contributed by atoms with Crippen molar-refractivity contribution in [1.82, 2.24) is 19.7 Å². The van der Waals surface area contributed by atoms with Crippen molar-refractivity contribution in [2.24, 2.45) is 7.05 Å². The van der Waals surface area contributed by atoms with E-state index in [0.29, 0.717) is 16.7 Å². The molecule has 0 fully saturated rings. The lowest BCUT2D eigenvalue weighted by molar-refractivity contribution is 0.0652. The van der Waals surface area contributed by atoms with Crippen LogP contribution in [0.3, 0.4) is 0 Å². The van der Waals surface area contributed by atoms with Crippen LogP contribution in [0.1, 0.15) is 19.7 Å². The van der Waals surface area contributed by atoms with E-state index < -0.39 is 5.60 Å². The molecule has 0 saturated heterocycles. The molecule has 0 amide bonds. The Kier molecular flexibility index (Phi) is 5.21. The fourth-order valence-electron chi connectivity index (χ4n) is 3.03. The monoisotopic (exact) mass is 426 g/mol. The molecule has 148 valence electrons. The van der Waals surface area contributed by atoms with Gasteiger partial charge in [0, 0.05) is 28.1 Å². The van der Waals surface area contributed by atoms with Crippen LogP contribution in [0.25, 0.3) is 22.6 Å². The minimum atomic E-state index is -1.08. The lowest BCUT2D eigenvalue weighted by Gasteiger charge is -2.17. The first-order valence-electron chi connectivity index (χ1n) is 8.93. The molecule has 0 bridgehead atoms. The Balaban J connectivity index is 1.78. The predicted octanol–water partition coefficient (Wildman–Crippen LogP) is 5.17. The Labute approximate surface area is 177 Å². The van der Waals surface area contributed by atoms with Crippen molar-refractivity contribution in [2.45, 2.75) is 29.4 Å². The second-order valence-corrected chi connectivity index (χ2v) is 8.59. The van der Waals surface area contributed by atoms with Gasteiger partial charge in [-0.25, -0.2) is 4.98 Å². The number of benzene rings is 2. The Morgan fingerprint density at radius 3 is 2.28 bits per heavy atom. The smallest absolute Gasteiger partial charge is 0.214 e. The van der Waals surface area contributed by atoms with Gasteiger partial charge in [-0.2, -0.15) is 4.98 Å². The van der Waals surface area contributed by atoms with Gasteiger partial charge in [-0.3, -0.25) is 0 Å². The van der Waals surface area contributed by atoms with Gasteiger partial charge in [-0.1, -0.05) is 52.8 Å². The van der Waals surface area contributed by atoms with Gasteiger partial charge in [0.15, 0.2) is 0 Å².